The molecule has 0 spiro atoms. The van der Waals surface area contributed by atoms with Crippen molar-refractivity contribution in [3.8, 4) is 5.75 Å². The molecule has 0 fully saturated rings. The minimum atomic E-state index is -1.24. The molecule has 0 atom stereocenters. The molecule has 4 heteroatoms. The molecular weight excluding hydrogens is 187 g/mol. The zero-order valence-electron chi connectivity index (χ0n) is 7.54. The van der Waals surface area contributed by atoms with Crippen LogP contribution in [0.4, 0.5) is 4.39 Å². The minimum absolute atomic E-state index is 0.113. The summed E-state index contributed by atoms with van der Waals surface area (Å²) < 4.78 is 13.0. The van der Waals surface area contributed by atoms with Gasteiger partial charge in [-0.3, -0.25) is 0 Å². The van der Waals surface area contributed by atoms with Crippen molar-refractivity contribution in [2.24, 2.45) is 0 Å². The van der Waals surface area contributed by atoms with Gasteiger partial charge in [0, 0.05) is 5.56 Å². The van der Waals surface area contributed by atoms with E-state index in [1.165, 1.54) is 6.07 Å². The van der Waals surface area contributed by atoms with E-state index in [1.807, 2.05) is 0 Å². The van der Waals surface area contributed by atoms with Gasteiger partial charge in [-0.1, -0.05) is 6.58 Å². The molecule has 0 unspecified atom stereocenters. The molecule has 3 nitrogen and oxygen atoms in total. The van der Waals surface area contributed by atoms with Crippen LogP contribution in [0.15, 0.2) is 18.7 Å². The summed E-state index contributed by atoms with van der Waals surface area (Å²) in [7, 11) is 0. The second-order valence-corrected chi connectivity index (χ2v) is 2.94. The third-order valence-electron chi connectivity index (χ3n) is 1.77. The van der Waals surface area contributed by atoms with Crippen LogP contribution in [0.3, 0.4) is 0 Å². The molecule has 74 valence electrons. The highest BCUT2D eigenvalue weighted by molar-refractivity contribution is 5.89. The number of rotatable bonds is 2. The quantitative estimate of drug-likeness (QED) is 0.762. The fourth-order valence-corrected chi connectivity index (χ4v) is 1.05. The fraction of sp³-hybridized carbons (Fsp3) is 0.100. The van der Waals surface area contributed by atoms with Crippen LogP contribution in [-0.4, -0.2) is 16.2 Å². The third-order valence-corrected chi connectivity index (χ3v) is 1.77. The Hall–Kier alpha value is -1.84. The van der Waals surface area contributed by atoms with E-state index in [0.29, 0.717) is 5.57 Å². The molecule has 0 amide bonds. The molecule has 0 saturated heterocycles. The Kier molecular flexibility index (Phi) is 2.56. The fourth-order valence-electron chi connectivity index (χ4n) is 1.05. The van der Waals surface area contributed by atoms with Crippen molar-refractivity contribution in [1.82, 2.24) is 0 Å². The van der Waals surface area contributed by atoms with Crippen LogP contribution in [0.1, 0.15) is 22.8 Å². The molecule has 0 aliphatic heterocycles. The van der Waals surface area contributed by atoms with Crippen molar-refractivity contribution < 1.29 is 19.4 Å². The lowest BCUT2D eigenvalue weighted by atomic mass is 10.0. The summed E-state index contributed by atoms with van der Waals surface area (Å²) in [5, 5.41) is 17.9. The van der Waals surface area contributed by atoms with Gasteiger partial charge in [-0.2, -0.15) is 0 Å². The van der Waals surface area contributed by atoms with E-state index in [4.69, 9.17) is 5.11 Å². The molecule has 0 bridgehead atoms. The Labute approximate surface area is 80.1 Å². The summed E-state index contributed by atoms with van der Waals surface area (Å²) in [5.74, 6) is -2.77. The van der Waals surface area contributed by atoms with E-state index in [9.17, 15) is 14.3 Å². The molecule has 0 aromatic heterocycles. The predicted octanol–water partition coefficient (Wildman–Crippen LogP) is 2.26. The van der Waals surface area contributed by atoms with Crippen LogP contribution < -0.4 is 0 Å². The molecule has 0 aliphatic rings. The first-order chi connectivity index (χ1) is 6.43. The van der Waals surface area contributed by atoms with E-state index in [2.05, 4.69) is 6.58 Å². The first kappa shape index (κ1) is 10.2. The van der Waals surface area contributed by atoms with E-state index in [1.54, 1.807) is 6.92 Å². The lowest BCUT2D eigenvalue weighted by Gasteiger charge is -2.06. The Bertz CT molecular complexity index is 410. The van der Waals surface area contributed by atoms with Gasteiger partial charge in [-0.25, -0.2) is 9.18 Å². The average molecular weight is 196 g/mol. The van der Waals surface area contributed by atoms with Gasteiger partial charge in [0.15, 0.2) is 11.6 Å². The smallest absolute Gasteiger partial charge is 0.335 e. The number of hydrogen-bond acceptors (Lipinski definition) is 2. The number of hydrogen-bond donors (Lipinski definition) is 2. The molecule has 14 heavy (non-hydrogen) atoms. The largest absolute Gasteiger partial charge is 0.504 e. The second kappa shape index (κ2) is 3.49. The van der Waals surface area contributed by atoms with Crippen LogP contribution in [0.5, 0.6) is 5.75 Å². The van der Waals surface area contributed by atoms with Gasteiger partial charge >= 0.3 is 5.97 Å². The normalized spacial score (nSPS) is 9.86. The zero-order chi connectivity index (χ0) is 10.9. The maximum Gasteiger partial charge on any atom is 0.335 e. The third kappa shape index (κ3) is 1.74. The van der Waals surface area contributed by atoms with Crippen molar-refractivity contribution in [2.75, 3.05) is 0 Å². The molecule has 0 saturated carbocycles. The highest BCUT2D eigenvalue weighted by Gasteiger charge is 2.13. The number of carboxylic acids is 1. The number of aromatic hydroxyl groups is 1. The first-order valence-electron chi connectivity index (χ1n) is 3.85. The lowest BCUT2D eigenvalue weighted by Crippen LogP contribution is -1.99. The summed E-state index contributed by atoms with van der Waals surface area (Å²) in [6.45, 7) is 5.06. The van der Waals surface area contributed by atoms with Crippen molar-refractivity contribution in [1.29, 1.82) is 0 Å². The van der Waals surface area contributed by atoms with E-state index >= 15 is 0 Å². The summed E-state index contributed by atoms with van der Waals surface area (Å²) in [4.78, 5) is 10.6. The van der Waals surface area contributed by atoms with Crippen LogP contribution in [-0.2, 0) is 0 Å². The number of carbonyl (C=O) groups is 1. The average Bonchev–Trinajstić information content (AvgIpc) is 2.08. The highest BCUT2D eigenvalue weighted by atomic mass is 19.1. The zero-order valence-corrected chi connectivity index (χ0v) is 7.54. The lowest BCUT2D eigenvalue weighted by molar-refractivity contribution is 0.0696. The summed E-state index contributed by atoms with van der Waals surface area (Å²) >= 11 is 0. The summed E-state index contributed by atoms with van der Waals surface area (Å²) in [5.41, 5.74) is 0.310. The van der Waals surface area contributed by atoms with E-state index in [-0.39, 0.29) is 11.1 Å². The molecule has 1 aromatic rings. The molecular formula is C10H9FO3. The first-order valence-corrected chi connectivity index (χ1v) is 3.85. The maximum atomic E-state index is 13.0. The molecule has 1 aromatic carbocycles. The Morgan fingerprint density at radius 1 is 1.50 bits per heavy atom. The molecule has 2 N–H and O–H groups in total. The van der Waals surface area contributed by atoms with Crippen LogP contribution in [0.2, 0.25) is 0 Å². The predicted molar refractivity (Wildman–Crippen MR) is 49.7 cm³/mol. The van der Waals surface area contributed by atoms with Crippen molar-refractivity contribution in [3.63, 3.8) is 0 Å². The number of phenolic OH excluding ortho intramolecular Hbond substituents is 1. The van der Waals surface area contributed by atoms with Gasteiger partial charge in [0.25, 0.3) is 0 Å². The summed E-state index contributed by atoms with van der Waals surface area (Å²) in [6.07, 6.45) is 0. The number of allylic oxidation sites excluding steroid dienone is 1. The topological polar surface area (TPSA) is 57.5 Å². The van der Waals surface area contributed by atoms with Crippen LogP contribution >= 0.6 is 0 Å². The van der Waals surface area contributed by atoms with Gasteiger partial charge in [-0.05, 0) is 24.6 Å². The van der Waals surface area contributed by atoms with Crippen molar-refractivity contribution in [2.45, 2.75) is 6.92 Å². The number of benzene rings is 1. The Balaban J connectivity index is 3.43. The highest BCUT2D eigenvalue weighted by Crippen LogP contribution is 2.28. The minimum Gasteiger partial charge on any atom is -0.504 e. The van der Waals surface area contributed by atoms with Gasteiger partial charge in [0.1, 0.15) is 0 Å². The number of halogens is 1. The Morgan fingerprint density at radius 3 is 2.50 bits per heavy atom. The second-order valence-electron chi connectivity index (χ2n) is 2.94. The van der Waals surface area contributed by atoms with Crippen molar-refractivity contribution >= 4 is 11.5 Å². The monoisotopic (exact) mass is 196 g/mol. The molecule has 0 heterocycles. The molecule has 0 aliphatic carbocycles. The number of phenols is 1. The standard InChI is InChI=1S/C10H9FO3/c1-5(2)7-3-6(10(13)14)4-8(11)9(7)12/h3-4,12H,1H2,2H3,(H,13,14). The van der Waals surface area contributed by atoms with Crippen molar-refractivity contribution in [3.05, 3.63) is 35.7 Å². The van der Waals surface area contributed by atoms with Crippen LogP contribution in [0, 0.1) is 5.82 Å². The van der Waals surface area contributed by atoms with Gasteiger partial charge in [0.05, 0.1) is 5.56 Å². The summed E-state index contributed by atoms with van der Waals surface area (Å²) in [6, 6.07) is 1.95. The van der Waals surface area contributed by atoms with E-state index in [0.717, 1.165) is 6.07 Å². The molecule has 0 radical (unpaired) electrons. The SMILES string of the molecule is C=C(C)c1cc(C(=O)O)cc(F)c1O. The number of aromatic carboxylic acids is 1. The Morgan fingerprint density at radius 2 is 2.07 bits per heavy atom. The molecule has 1 rings (SSSR count). The van der Waals surface area contributed by atoms with Crippen LogP contribution in [0.25, 0.3) is 5.57 Å². The van der Waals surface area contributed by atoms with Gasteiger partial charge < -0.3 is 10.2 Å². The maximum absolute atomic E-state index is 13.0. The number of carboxylic acid groups (broad SMARTS) is 1. The van der Waals surface area contributed by atoms with Gasteiger partial charge in [0.2, 0.25) is 0 Å². The van der Waals surface area contributed by atoms with E-state index < -0.39 is 17.5 Å². The van der Waals surface area contributed by atoms with Gasteiger partial charge in [-0.15, -0.1) is 0 Å².